The van der Waals surface area contributed by atoms with Crippen LogP contribution < -0.4 is 11.1 Å². The number of unbranched alkanes of at least 4 members (excludes halogenated alkanes) is 23. The molecule has 0 fully saturated rings. The third kappa shape index (κ3) is 29.4. The molecule has 298 valence electrons. The minimum atomic E-state index is -0.228. The number of nitrogens with two attached hydrogens (primary N) is 1. The Morgan fingerprint density at radius 3 is 1.22 bits per heavy atom. The van der Waals surface area contributed by atoms with Gasteiger partial charge in [0.1, 0.15) is 0 Å². The first kappa shape index (κ1) is 52.4. The molecule has 3 N–H and O–H groups in total. The fourth-order valence-corrected chi connectivity index (χ4v) is 7.02. The monoisotopic (exact) mass is 837 g/mol. The zero-order valence-corrected chi connectivity index (χ0v) is 38.1. The Bertz CT molecular complexity index is 985. The first-order valence-electron chi connectivity index (χ1n) is 21.4. The Kier molecular flexibility index (Phi) is 36.0. The van der Waals surface area contributed by atoms with Crippen molar-refractivity contribution in [2.75, 3.05) is 6.54 Å². The van der Waals surface area contributed by atoms with E-state index in [-0.39, 0.29) is 45.0 Å². The Hall–Kier alpha value is -0.680. The summed E-state index contributed by atoms with van der Waals surface area (Å²) in [5, 5.41) is 3.71. The topological polar surface area (TPSA) is 38.0 Å². The van der Waals surface area contributed by atoms with Crippen molar-refractivity contribution in [3.8, 4) is 0 Å². The number of benzene rings is 2. The second-order valence-corrected chi connectivity index (χ2v) is 16.2. The van der Waals surface area contributed by atoms with Gasteiger partial charge in [-0.2, -0.15) is 0 Å². The number of hydrogen-bond acceptors (Lipinski definition) is 2. The summed E-state index contributed by atoms with van der Waals surface area (Å²) in [6, 6.07) is 19.5. The van der Waals surface area contributed by atoms with Gasteiger partial charge in [0.15, 0.2) is 0 Å². The van der Waals surface area contributed by atoms with Gasteiger partial charge < -0.3 is 11.1 Å². The van der Waals surface area contributed by atoms with Crippen molar-refractivity contribution in [1.29, 1.82) is 0 Å². The van der Waals surface area contributed by atoms with E-state index in [1.807, 2.05) is 0 Å². The number of hydrogen-bond donors (Lipinski definition) is 2. The molecule has 0 aliphatic carbocycles. The van der Waals surface area contributed by atoms with Crippen LogP contribution in [0.5, 0.6) is 0 Å². The van der Waals surface area contributed by atoms with Crippen LogP contribution in [-0.2, 0) is 17.5 Å². The van der Waals surface area contributed by atoms with E-state index in [1.165, 1.54) is 184 Å². The van der Waals surface area contributed by atoms with Crippen molar-refractivity contribution in [2.45, 2.75) is 220 Å². The summed E-state index contributed by atoms with van der Waals surface area (Å²) >= 11 is 0. The summed E-state index contributed by atoms with van der Waals surface area (Å²) in [4.78, 5) is 0. The Balaban J connectivity index is 0. The van der Waals surface area contributed by atoms with Crippen molar-refractivity contribution >= 4 is 34.0 Å². The molecule has 0 unspecified atom stereocenters. The number of halogens is 2. The fraction of sp³-hybridized carbons (Fsp3) is 0.745. The number of nitrogens with one attached hydrogen (secondary N) is 1. The number of rotatable bonds is 30. The molecule has 2 nitrogen and oxygen atoms in total. The molecule has 0 atom stereocenters. The van der Waals surface area contributed by atoms with Crippen molar-refractivity contribution < 1.29 is 0 Å². The van der Waals surface area contributed by atoms with Crippen LogP contribution in [0.2, 0.25) is 0 Å². The van der Waals surface area contributed by atoms with Gasteiger partial charge in [-0.05, 0) is 70.2 Å². The van der Waals surface area contributed by atoms with E-state index in [1.54, 1.807) is 0 Å². The molecule has 4 heteroatoms. The molecule has 2 aromatic carbocycles. The molecule has 0 spiro atoms. The summed E-state index contributed by atoms with van der Waals surface area (Å²) in [7, 11) is 0. The smallest absolute Gasteiger partial charge is 0.0377 e. The summed E-state index contributed by atoms with van der Waals surface area (Å²) in [5.74, 6) is 0. The van der Waals surface area contributed by atoms with E-state index >= 15 is 0 Å². The van der Waals surface area contributed by atoms with Crippen LogP contribution in [0.4, 0.5) is 0 Å². The van der Waals surface area contributed by atoms with Gasteiger partial charge in [-0.15, -0.1) is 34.0 Å². The van der Waals surface area contributed by atoms with E-state index in [0.717, 1.165) is 6.54 Å². The van der Waals surface area contributed by atoms with Crippen LogP contribution in [0.3, 0.4) is 0 Å². The molecule has 51 heavy (non-hydrogen) atoms. The van der Waals surface area contributed by atoms with Gasteiger partial charge in [0.05, 0.1) is 0 Å². The molecule has 0 radical (unpaired) electrons. The maximum atomic E-state index is 6.29. The van der Waals surface area contributed by atoms with E-state index in [2.05, 4.69) is 101 Å². The quantitative estimate of drug-likeness (QED) is 0.0769. The van der Waals surface area contributed by atoms with Gasteiger partial charge in [0.25, 0.3) is 0 Å². The maximum absolute atomic E-state index is 6.29. The molecule has 0 aliphatic heterocycles. The van der Waals surface area contributed by atoms with Crippen molar-refractivity contribution in [1.82, 2.24) is 5.32 Å². The average Bonchev–Trinajstić information content (AvgIpc) is 3.09. The molecule has 0 saturated heterocycles. The fourth-order valence-electron chi connectivity index (χ4n) is 7.02. The second kappa shape index (κ2) is 35.0. The Morgan fingerprint density at radius 1 is 0.451 bits per heavy atom. The van der Waals surface area contributed by atoms with Gasteiger partial charge in [-0.3, -0.25) is 0 Å². The van der Waals surface area contributed by atoms with E-state index in [0.29, 0.717) is 0 Å². The number of aryl methyl sites for hydroxylation is 1. The Morgan fingerprint density at radius 2 is 0.804 bits per heavy atom. The lowest BCUT2D eigenvalue weighted by Crippen LogP contribution is -2.37. The van der Waals surface area contributed by atoms with Gasteiger partial charge in [-0.25, -0.2) is 0 Å². The highest BCUT2D eigenvalue weighted by Gasteiger charge is 2.18. The summed E-state index contributed by atoms with van der Waals surface area (Å²) in [6.07, 6.45) is 36.5. The van der Waals surface area contributed by atoms with E-state index in [9.17, 15) is 0 Å². The third-order valence-corrected chi connectivity index (χ3v) is 10.4. The van der Waals surface area contributed by atoms with Gasteiger partial charge in [0, 0.05) is 11.1 Å². The largest absolute Gasteiger partial charge is 0.322 e. The molecule has 0 amide bonds. The van der Waals surface area contributed by atoms with Crippen LogP contribution in [-0.4, -0.2) is 6.54 Å². The minimum absolute atomic E-state index is 0. The van der Waals surface area contributed by atoms with Crippen LogP contribution in [0, 0.1) is 0 Å². The molecule has 0 heterocycles. The van der Waals surface area contributed by atoms with Crippen LogP contribution in [0.1, 0.15) is 219 Å². The predicted molar refractivity (Wildman–Crippen MR) is 242 cm³/mol. The first-order chi connectivity index (χ1) is 23.7. The zero-order chi connectivity index (χ0) is 35.9. The lowest BCUT2D eigenvalue weighted by atomic mass is 9.89. The SMILES string of the molecule is Br.Br.CCCCCCCCCCCCCCCNC(C)(C)c1ccccc1.CCCCCCCCCCCCCCc1ccccc1C(C)(C)N. The second-order valence-electron chi connectivity index (χ2n) is 16.2. The molecular formula is C47H86Br2N2. The van der Waals surface area contributed by atoms with Crippen molar-refractivity contribution in [3.05, 3.63) is 71.3 Å². The normalized spacial score (nSPS) is 11.4. The molecule has 0 saturated carbocycles. The van der Waals surface area contributed by atoms with Gasteiger partial charge in [-0.1, -0.05) is 216 Å². The first-order valence-corrected chi connectivity index (χ1v) is 21.4. The maximum Gasteiger partial charge on any atom is 0.0377 e. The van der Waals surface area contributed by atoms with Gasteiger partial charge in [0.2, 0.25) is 0 Å². The van der Waals surface area contributed by atoms with Crippen molar-refractivity contribution in [2.24, 2.45) is 5.73 Å². The average molecular weight is 839 g/mol. The summed E-state index contributed by atoms with van der Waals surface area (Å²) in [6.45, 7) is 14.5. The Labute approximate surface area is 340 Å². The molecule has 0 bridgehead atoms. The summed E-state index contributed by atoms with van der Waals surface area (Å²) in [5.41, 5.74) is 10.3. The van der Waals surface area contributed by atoms with Crippen LogP contribution in [0.25, 0.3) is 0 Å². The third-order valence-electron chi connectivity index (χ3n) is 10.4. The molecule has 0 aliphatic rings. The highest BCUT2D eigenvalue weighted by molar-refractivity contribution is 8.93. The molecule has 0 aromatic heterocycles. The molecule has 2 aromatic rings. The lowest BCUT2D eigenvalue weighted by molar-refractivity contribution is 0.394. The highest BCUT2D eigenvalue weighted by Crippen LogP contribution is 2.23. The van der Waals surface area contributed by atoms with Crippen molar-refractivity contribution in [3.63, 3.8) is 0 Å². The molecular weight excluding hydrogens is 752 g/mol. The summed E-state index contributed by atoms with van der Waals surface area (Å²) < 4.78 is 0. The highest BCUT2D eigenvalue weighted by atomic mass is 79.9. The zero-order valence-electron chi connectivity index (χ0n) is 34.7. The van der Waals surface area contributed by atoms with Crippen LogP contribution >= 0.6 is 34.0 Å². The van der Waals surface area contributed by atoms with E-state index < -0.39 is 0 Å². The van der Waals surface area contributed by atoms with Crippen LogP contribution in [0.15, 0.2) is 54.6 Å². The van der Waals surface area contributed by atoms with E-state index in [4.69, 9.17) is 5.73 Å². The predicted octanol–water partition coefficient (Wildman–Crippen LogP) is 15.9. The lowest BCUT2D eigenvalue weighted by Gasteiger charge is -2.27. The molecule has 2 rings (SSSR count). The van der Waals surface area contributed by atoms with Gasteiger partial charge >= 0.3 is 0 Å². The standard InChI is InChI=1S/C24H43N.C23H41N.2BrH/c1-4-5-6-7-8-9-10-11-12-13-14-15-19-22-25-24(2,3)23-20-17-16-18-21-23;1-4-5-6-7-8-9-10-11-12-13-14-15-18-21-19-16-17-20-22(21)23(2,3)24;;/h16-18,20-21,25H,4-15,19,22H2,1-3H3;16-17,19-20H,4-15,18,24H2,1-3H3;2*1H. The minimum Gasteiger partial charge on any atom is -0.322 e.